The van der Waals surface area contributed by atoms with E-state index in [2.05, 4.69) is 6.92 Å². The molecule has 0 bridgehead atoms. The summed E-state index contributed by atoms with van der Waals surface area (Å²) >= 11 is 0. The Kier molecular flexibility index (Phi) is 8.56. The van der Waals surface area contributed by atoms with Gasteiger partial charge in [-0.15, -0.1) is 0 Å². The van der Waals surface area contributed by atoms with E-state index in [9.17, 15) is 30.6 Å². The van der Waals surface area contributed by atoms with E-state index < -0.39 is 68.0 Å². The second-order valence-corrected chi connectivity index (χ2v) is 5.35. The van der Waals surface area contributed by atoms with Crippen LogP contribution in [0.15, 0.2) is 0 Å². The van der Waals surface area contributed by atoms with E-state index in [1.54, 1.807) is 0 Å². The third-order valence-corrected chi connectivity index (χ3v) is 3.79. The van der Waals surface area contributed by atoms with Crippen LogP contribution in [0.4, 0.5) is 0 Å². The van der Waals surface area contributed by atoms with Crippen molar-refractivity contribution in [2.45, 2.75) is 61.4 Å². The van der Waals surface area contributed by atoms with Crippen LogP contribution in [0.2, 0.25) is 0 Å². The Bertz CT molecular complexity index is 372. The maximum Gasteiger partial charge on any atom is 0.189 e. The van der Waals surface area contributed by atoms with Gasteiger partial charge in [-0.3, -0.25) is 0 Å². The third kappa shape index (κ3) is 4.53. The van der Waals surface area contributed by atoms with Crippen LogP contribution in [0.25, 0.3) is 0 Å². The van der Waals surface area contributed by atoms with Crippen molar-refractivity contribution in [2.24, 2.45) is 0 Å². The zero-order chi connectivity index (χ0) is 16.6. The van der Waals surface area contributed by atoms with Gasteiger partial charge in [-0.05, 0) is 6.10 Å². The molecule has 7 N–H and O–H groups in total. The van der Waals surface area contributed by atoms with Crippen molar-refractivity contribution in [2.75, 3.05) is 6.61 Å². The van der Waals surface area contributed by atoms with Crippen LogP contribution in [0, 0.1) is 44.7 Å². The van der Waals surface area contributed by atoms with Crippen molar-refractivity contribution in [1.29, 1.82) is 0 Å². The molecular formula is C12H21HoO10-. The van der Waals surface area contributed by atoms with Crippen molar-refractivity contribution in [3.63, 3.8) is 0 Å². The molecule has 23 heavy (non-hydrogen) atoms. The molecule has 0 saturated carbocycles. The molecule has 2 aliphatic rings. The molecule has 2 aliphatic heterocycles. The summed E-state index contributed by atoms with van der Waals surface area (Å²) in [6.45, 7) is 2.79. The Hall–Kier alpha value is 0.860. The molecule has 1 radical (unpaired) electrons. The Balaban J connectivity index is 0.00000264. The van der Waals surface area contributed by atoms with Crippen molar-refractivity contribution in [3.05, 3.63) is 6.92 Å². The van der Waals surface area contributed by atoms with Gasteiger partial charge < -0.3 is 56.9 Å². The van der Waals surface area contributed by atoms with Gasteiger partial charge in [-0.2, -0.15) is 0 Å². The van der Waals surface area contributed by atoms with Gasteiger partial charge in [0.1, 0.15) is 36.6 Å². The number of aliphatic hydroxyl groups excluding tert-OH is 7. The average molecular weight is 490 g/mol. The minimum Gasteiger partial charge on any atom is -0.394 e. The number of hydrogen-bond acceptors (Lipinski definition) is 10. The molecule has 10 atom stereocenters. The van der Waals surface area contributed by atoms with Gasteiger partial charge in [0.05, 0.1) is 12.7 Å². The fourth-order valence-electron chi connectivity index (χ4n) is 2.34. The predicted octanol–water partition coefficient (Wildman–Crippen LogP) is -4.56. The van der Waals surface area contributed by atoms with Crippen LogP contribution in [-0.4, -0.2) is 104 Å². The van der Waals surface area contributed by atoms with Crippen LogP contribution in [-0.2, 0) is 14.2 Å². The largest absolute Gasteiger partial charge is 0.394 e. The van der Waals surface area contributed by atoms with E-state index >= 15 is 0 Å². The summed E-state index contributed by atoms with van der Waals surface area (Å²) in [6.07, 6.45) is -14.9. The Morgan fingerprint density at radius 2 is 1.22 bits per heavy atom. The smallest absolute Gasteiger partial charge is 0.189 e. The van der Waals surface area contributed by atoms with Crippen LogP contribution >= 0.6 is 0 Å². The zero-order valence-corrected chi connectivity index (χ0v) is 13.8. The fraction of sp³-hybridized carbons (Fsp3) is 0.917. The molecule has 0 aromatic rings. The molecule has 0 aromatic heterocycles. The standard InChI is InChI=1S/C12H21O10.Ho/c1-3-5(14)7(16)9(18)11(20-3)22-12-10(19)8(17)6(15)4(2-13)21-12;/h3-19H,1-2H2;/q-1;. The van der Waals surface area contributed by atoms with Crippen molar-refractivity contribution in [3.8, 4) is 0 Å². The van der Waals surface area contributed by atoms with Gasteiger partial charge in [-0.1, -0.05) is 0 Å². The summed E-state index contributed by atoms with van der Waals surface area (Å²) in [5, 5.41) is 67.1. The molecule has 0 aromatic carbocycles. The van der Waals surface area contributed by atoms with Crippen molar-refractivity contribution in [1.82, 2.24) is 0 Å². The van der Waals surface area contributed by atoms with E-state index in [0.29, 0.717) is 0 Å². The van der Waals surface area contributed by atoms with Gasteiger partial charge >= 0.3 is 0 Å². The SMILES string of the molecule is [CH2-]C1OC(OC2OC(CO)C(O)C(O)C2O)C(O)C(O)C1O.[Ho]. The number of aliphatic hydroxyl groups is 7. The fourth-order valence-corrected chi connectivity index (χ4v) is 2.34. The van der Waals surface area contributed by atoms with E-state index in [4.69, 9.17) is 19.3 Å². The molecule has 2 saturated heterocycles. The molecular weight excluding hydrogens is 469 g/mol. The second kappa shape index (κ2) is 8.99. The van der Waals surface area contributed by atoms with Crippen LogP contribution < -0.4 is 0 Å². The van der Waals surface area contributed by atoms with Crippen LogP contribution in [0.5, 0.6) is 0 Å². The van der Waals surface area contributed by atoms with Gasteiger partial charge in [0, 0.05) is 37.7 Å². The third-order valence-electron chi connectivity index (χ3n) is 3.79. The van der Waals surface area contributed by atoms with Crippen LogP contribution in [0.3, 0.4) is 0 Å². The first-order chi connectivity index (χ1) is 10.3. The molecule has 0 aliphatic carbocycles. The van der Waals surface area contributed by atoms with Gasteiger partial charge in [0.25, 0.3) is 0 Å². The number of rotatable bonds is 3. The maximum absolute atomic E-state index is 9.82. The van der Waals surface area contributed by atoms with Crippen molar-refractivity contribution >= 4 is 0 Å². The average Bonchev–Trinajstić information content (AvgIpc) is 2.50. The summed E-state index contributed by atoms with van der Waals surface area (Å²) in [5.41, 5.74) is 0. The first kappa shape index (κ1) is 21.9. The Labute approximate surface area is 162 Å². The molecule has 11 heteroatoms. The van der Waals surface area contributed by atoms with E-state index in [0.717, 1.165) is 0 Å². The zero-order valence-electron chi connectivity index (χ0n) is 11.8. The first-order valence-electron chi connectivity index (χ1n) is 6.76. The quantitative estimate of drug-likeness (QED) is 0.151. The molecule has 2 heterocycles. The summed E-state index contributed by atoms with van der Waals surface area (Å²) < 4.78 is 15.3. The topological polar surface area (TPSA) is 169 Å². The number of hydrogen-bond donors (Lipinski definition) is 7. The second-order valence-electron chi connectivity index (χ2n) is 5.35. The number of ether oxygens (including phenoxy) is 3. The molecule has 2 rings (SSSR count). The molecule has 0 spiro atoms. The van der Waals surface area contributed by atoms with Crippen molar-refractivity contribution < 1.29 is 87.7 Å². The normalized spacial score (nSPS) is 51.1. The monoisotopic (exact) mass is 490 g/mol. The molecule has 2 fully saturated rings. The minimum absolute atomic E-state index is 0. The van der Waals surface area contributed by atoms with Gasteiger partial charge in [0.15, 0.2) is 12.6 Å². The molecule has 10 nitrogen and oxygen atoms in total. The molecule has 10 unspecified atom stereocenters. The van der Waals surface area contributed by atoms with E-state index in [-0.39, 0.29) is 37.7 Å². The summed E-state index contributed by atoms with van der Waals surface area (Å²) in [7, 11) is 0. The first-order valence-corrected chi connectivity index (χ1v) is 6.76. The summed E-state index contributed by atoms with van der Waals surface area (Å²) in [4.78, 5) is 0. The van der Waals surface area contributed by atoms with Gasteiger partial charge in [0.2, 0.25) is 0 Å². The molecule has 0 amide bonds. The molecule has 141 valence electrons. The van der Waals surface area contributed by atoms with Crippen LogP contribution in [0.1, 0.15) is 0 Å². The van der Waals surface area contributed by atoms with E-state index in [1.165, 1.54) is 0 Å². The Morgan fingerprint density at radius 3 is 1.74 bits per heavy atom. The van der Waals surface area contributed by atoms with E-state index in [1.807, 2.05) is 0 Å². The summed E-state index contributed by atoms with van der Waals surface area (Å²) in [5.74, 6) is 0. The minimum atomic E-state index is -1.68. The Morgan fingerprint density at radius 1 is 0.739 bits per heavy atom. The summed E-state index contributed by atoms with van der Waals surface area (Å²) in [6, 6.07) is 0. The maximum atomic E-state index is 9.82. The predicted molar refractivity (Wildman–Crippen MR) is 66.9 cm³/mol. The van der Waals surface area contributed by atoms with Gasteiger partial charge in [-0.25, -0.2) is 0 Å².